The van der Waals surface area contributed by atoms with Crippen LogP contribution in [0.2, 0.25) is 0 Å². The molecule has 3 N–H and O–H groups in total. The molecule has 0 saturated carbocycles. The van der Waals surface area contributed by atoms with Gasteiger partial charge in [-0.1, -0.05) is 51.1 Å². The SMILES string of the molecule is CC.CC(C(=N)N)c1ccccc1. The first-order valence-electron chi connectivity index (χ1n) is 4.60. The Morgan fingerprint density at radius 3 is 2.08 bits per heavy atom. The fourth-order valence-corrected chi connectivity index (χ4v) is 0.921. The molecule has 0 aliphatic carbocycles. The highest BCUT2D eigenvalue weighted by atomic mass is 14.7. The minimum Gasteiger partial charge on any atom is -0.387 e. The monoisotopic (exact) mass is 178 g/mol. The summed E-state index contributed by atoms with van der Waals surface area (Å²) >= 11 is 0. The molecule has 0 bridgehead atoms. The van der Waals surface area contributed by atoms with E-state index < -0.39 is 0 Å². The second-order valence-electron chi connectivity index (χ2n) is 2.59. The first kappa shape index (κ1) is 11.7. The van der Waals surface area contributed by atoms with Gasteiger partial charge in [0.25, 0.3) is 0 Å². The quantitative estimate of drug-likeness (QED) is 0.531. The van der Waals surface area contributed by atoms with E-state index in [1.165, 1.54) is 0 Å². The summed E-state index contributed by atoms with van der Waals surface area (Å²) in [5.41, 5.74) is 6.45. The minimum absolute atomic E-state index is 0.0381. The third-order valence-electron chi connectivity index (χ3n) is 1.77. The third-order valence-corrected chi connectivity index (χ3v) is 1.77. The van der Waals surface area contributed by atoms with Gasteiger partial charge >= 0.3 is 0 Å². The van der Waals surface area contributed by atoms with E-state index in [2.05, 4.69) is 0 Å². The lowest BCUT2D eigenvalue weighted by atomic mass is 10.0. The number of benzene rings is 1. The molecule has 0 saturated heterocycles. The van der Waals surface area contributed by atoms with Gasteiger partial charge in [-0.25, -0.2) is 0 Å². The van der Waals surface area contributed by atoms with Crippen LogP contribution in [0.15, 0.2) is 30.3 Å². The van der Waals surface area contributed by atoms with E-state index in [1.807, 2.05) is 51.1 Å². The van der Waals surface area contributed by atoms with E-state index in [0.29, 0.717) is 0 Å². The van der Waals surface area contributed by atoms with Gasteiger partial charge in [0.2, 0.25) is 0 Å². The van der Waals surface area contributed by atoms with Crippen molar-refractivity contribution in [2.24, 2.45) is 5.73 Å². The molecule has 0 aromatic heterocycles. The average molecular weight is 178 g/mol. The number of nitrogens with one attached hydrogen (secondary N) is 1. The Morgan fingerprint density at radius 1 is 1.23 bits per heavy atom. The molecule has 0 amide bonds. The van der Waals surface area contributed by atoms with Crippen LogP contribution in [0.25, 0.3) is 0 Å². The Bertz CT molecular complexity index is 242. The first-order chi connectivity index (χ1) is 6.22. The number of rotatable bonds is 2. The zero-order valence-corrected chi connectivity index (χ0v) is 8.54. The van der Waals surface area contributed by atoms with Crippen LogP contribution < -0.4 is 5.73 Å². The Balaban J connectivity index is 0.000000671. The molecule has 0 aliphatic rings. The number of nitrogens with two attached hydrogens (primary N) is 1. The van der Waals surface area contributed by atoms with Crippen LogP contribution in [0.1, 0.15) is 32.3 Å². The van der Waals surface area contributed by atoms with Crippen LogP contribution in [0, 0.1) is 5.41 Å². The lowest BCUT2D eigenvalue weighted by molar-refractivity contribution is 0.992. The maximum absolute atomic E-state index is 7.22. The molecule has 0 radical (unpaired) electrons. The summed E-state index contributed by atoms with van der Waals surface area (Å²) in [5.74, 6) is 0.257. The molecule has 2 nitrogen and oxygen atoms in total. The van der Waals surface area contributed by atoms with Crippen molar-refractivity contribution in [3.05, 3.63) is 35.9 Å². The lowest BCUT2D eigenvalue weighted by Gasteiger charge is -2.08. The van der Waals surface area contributed by atoms with Crippen LogP contribution >= 0.6 is 0 Å². The van der Waals surface area contributed by atoms with Crippen molar-refractivity contribution in [2.75, 3.05) is 0 Å². The van der Waals surface area contributed by atoms with Crippen molar-refractivity contribution in [2.45, 2.75) is 26.7 Å². The molecule has 13 heavy (non-hydrogen) atoms. The Kier molecular flexibility index (Phi) is 5.60. The first-order valence-corrected chi connectivity index (χ1v) is 4.60. The summed E-state index contributed by atoms with van der Waals surface area (Å²) in [6.07, 6.45) is 0. The number of hydrogen-bond acceptors (Lipinski definition) is 1. The standard InChI is InChI=1S/C9H12N2.C2H6/c1-7(9(10)11)8-5-3-2-4-6-8;1-2/h2-7H,1H3,(H3,10,11);1-2H3. The molecule has 1 rings (SSSR count). The van der Waals surface area contributed by atoms with Crippen LogP contribution in [-0.4, -0.2) is 5.84 Å². The molecule has 1 atom stereocenters. The van der Waals surface area contributed by atoms with Crippen LogP contribution in [0.5, 0.6) is 0 Å². The molecule has 0 aliphatic heterocycles. The summed E-state index contributed by atoms with van der Waals surface area (Å²) in [7, 11) is 0. The van der Waals surface area contributed by atoms with Gasteiger partial charge in [0.15, 0.2) is 0 Å². The summed E-state index contributed by atoms with van der Waals surface area (Å²) in [6, 6.07) is 9.82. The van der Waals surface area contributed by atoms with E-state index in [9.17, 15) is 0 Å². The molecule has 0 fully saturated rings. The smallest absolute Gasteiger partial charge is 0.0979 e. The summed E-state index contributed by atoms with van der Waals surface area (Å²) in [4.78, 5) is 0. The van der Waals surface area contributed by atoms with Crippen LogP contribution in [0.3, 0.4) is 0 Å². The maximum atomic E-state index is 7.22. The predicted molar refractivity (Wildman–Crippen MR) is 58.1 cm³/mol. The summed E-state index contributed by atoms with van der Waals surface area (Å²) in [5, 5.41) is 7.22. The molecule has 1 unspecified atom stereocenters. The van der Waals surface area contributed by atoms with Crippen molar-refractivity contribution in [3.8, 4) is 0 Å². The van der Waals surface area contributed by atoms with Gasteiger partial charge in [-0.3, -0.25) is 5.41 Å². The Labute approximate surface area is 80.3 Å². The fraction of sp³-hybridized carbons (Fsp3) is 0.364. The highest BCUT2D eigenvalue weighted by molar-refractivity contribution is 5.84. The van der Waals surface area contributed by atoms with E-state index >= 15 is 0 Å². The summed E-state index contributed by atoms with van der Waals surface area (Å²) in [6.45, 7) is 5.93. The fourth-order valence-electron chi connectivity index (χ4n) is 0.921. The molecular formula is C11H18N2. The maximum Gasteiger partial charge on any atom is 0.0979 e. The lowest BCUT2D eigenvalue weighted by Crippen LogP contribution is -2.17. The van der Waals surface area contributed by atoms with Gasteiger partial charge in [-0.05, 0) is 5.56 Å². The zero-order chi connectivity index (χ0) is 10.3. The van der Waals surface area contributed by atoms with E-state index in [1.54, 1.807) is 0 Å². The normalized spacial score (nSPS) is 11.0. The molecule has 1 aromatic rings. The number of hydrogen-bond donors (Lipinski definition) is 2. The third kappa shape index (κ3) is 3.74. The minimum atomic E-state index is 0.0381. The topological polar surface area (TPSA) is 49.9 Å². The van der Waals surface area contributed by atoms with E-state index in [4.69, 9.17) is 11.1 Å². The highest BCUT2D eigenvalue weighted by Crippen LogP contribution is 2.12. The van der Waals surface area contributed by atoms with Gasteiger partial charge in [-0.15, -0.1) is 0 Å². The van der Waals surface area contributed by atoms with E-state index in [0.717, 1.165) is 5.56 Å². The second kappa shape index (κ2) is 6.23. The molecule has 0 heterocycles. The highest BCUT2D eigenvalue weighted by Gasteiger charge is 2.05. The van der Waals surface area contributed by atoms with Gasteiger partial charge in [0.1, 0.15) is 0 Å². The van der Waals surface area contributed by atoms with Crippen LogP contribution in [-0.2, 0) is 0 Å². The van der Waals surface area contributed by atoms with Crippen molar-refractivity contribution >= 4 is 5.84 Å². The molecular weight excluding hydrogens is 160 g/mol. The molecule has 2 heteroatoms. The summed E-state index contributed by atoms with van der Waals surface area (Å²) < 4.78 is 0. The van der Waals surface area contributed by atoms with Gasteiger partial charge in [0, 0.05) is 5.92 Å². The number of amidine groups is 1. The van der Waals surface area contributed by atoms with Gasteiger partial charge in [-0.2, -0.15) is 0 Å². The van der Waals surface area contributed by atoms with Crippen molar-refractivity contribution < 1.29 is 0 Å². The average Bonchev–Trinajstić information content (AvgIpc) is 2.21. The van der Waals surface area contributed by atoms with E-state index in [-0.39, 0.29) is 11.8 Å². The van der Waals surface area contributed by atoms with Gasteiger partial charge < -0.3 is 5.73 Å². The molecule has 72 valence electrons. The van der Waals surface area contributed by atoms with Crippen molar-refractivity contribution in [3.63, 3.8) is 0 Å². The Hall–Kier alpha value is -1.31. The predicted octanol–water partition coefficient (Wildman–Crippen LogP) is 2.75. The zero-order valence-electron chi connectivity index (χ0n) is 8.54. The largest absolute Gasteiger partial charge is 0.387 e. The second-order valence-corrected chi connectivity index (χ2v) is 2.59. The molecule has 1 aromatic carbocycles. The van der Waals surface area contributed by atoms with Crippen molar-refractivity contribution in [1.82, 2.24) is 0 Å². The van der Waals surface area contributed by atoms with Gasteiger partial charge in [0.05, 0.1) is 5.84 Å². The van der Waals surface area contributed by atoms with Crippen LogP contribution in [0.4, 0.5) is 0 Å². The molecule has 0 spiro atoms. The Morgan fingerprint density at radius 2 is 1.69 bits per heavy atom. The van der Waals surface area contributed by atoms with Crippen molar-refractivity contribution in [1.29, 1.82) is 5.41 Å².